The first-order valence-corrected chi connectivity index (χ1v) is 17.9. The second-order valence-corrected chi connectivity index (χ2v) is 13.5. The summed E-state index contributed by atoms with van der Waals surface area (Å²) in [6.07, 6.45) is 4.68. The normalized spacial score (nSPS) is 15.7. The van der Waals surface area contributed by atoms with E-state index >= 15 is 0 Å². The van der Waals surface area contributed by atoms with Crippen LogP contribution in [0.25, 0.3) is 39.2 Å². The maximum absolute atomic E-state index is 13.3. The quantitative estimate of drug-likeness (QED) is 0.125. The third-order valence-corrected chi connectivity index (χ3v) is 10.2. The molecule has 0 radical (unpaired) electrons. The largest absolute Gasteiger partial charge is 0.481 e. The molecule has 14 heteroatoms. The lowest BCUT2D eigenvalue weighted by molar-refractivity contribution is -0.119. The topological polar surface area (TPSA) is 142 Å². The van der Waals surface area contributed by atoms with E-state index < -0.39 is 0 Å². The first-order valence-electron chi connectivity index (χ1n) is 17.2. The van der Waals surface area contributed by atoms with Gasteiger partial charge >= 0.3 is 6.03 Å². The maximum Gasteiger partial charge on any atom is 0.317 e. The molecule has 52 heavy (non-hydrogen) atoms. The van der Waals surface area contributed by atoms with Crippen LogP contribution >= 0.6 is 23.2 Å². The van der Waals surface area contributed by atoms with E-state index in [-0.39, 0.29) is 23.5 Å². The Kier molecular flexibility index (Phi) is 10.7. The van der Waals surface area contributed by atoms with E-state index in [2.05, 4.69) is 26.3 Å². The SMILES string of the molecule is COc1nc(-c2cccc(-c3cccc(-c4ccn5c(=O)c(CNCCN6CCNC6=O)cnc5c4)c3Cl)c2Cl)ccc1CNC[C@H]1CCC(=O)N1. The summed E-state index contributed by atoms with van der Waals surface area (Å²) in [4.78, 5) is 47.6. The van der Waals surface area contributed by atoms with Crippen molar-refractivity contribution in [2.24, 2.45) is 0 Å². The van der Waals surface area contributed by atoms with Crippen LogP contribution in [0.2, 0.25) is 10.0 Å². The van der Waals surface area contributed by atoms with Gasteiger partial charge in [-0.05, 0) is 30.2 Å². The molecule has 2 aliphatic rings. The highest BCUT2D eigenvalue weighted by atomic mass is 35.5. The molecule has 5 aromatic rings. The fraction of sp³-hybridized carbons (Fsp3) is 0.289. The summed E-state index contributed by atoms with van der Waals surface area (Å²) < 4.78 is 7.16. The number of hydrogen-bond acceptors (Lipinski definition) is 8. The van der Waals surface area contributed by atoms with Crippen molar-refractivity contribution in [1.29, 1.82) is 0 Å². The molecule has 3 aromatic heterocycles. The number of hydrogen-bond donors (Lipinski definition) is 4. The number of carbonyl (C=O) groups is 2. The van der Waals surface area contributed by atoms with Crippen molar-refractivity contribution in [3.63, 3.8) is 0 Å². The van der Waals surface area contributed by atoms with Crippen molar-refractivity contribution in [2.45, 2.75) is 32.0 Å². The number of methoxy groups -OCH3 is 1. The van der Waals surface area contributed by atoms with E-state index in [1.807, 2.05) is 60.7 Å². The first kappa shape index (κ1) is 35.4. The number of nitrogens with one attached hydrogen (secondary N) is 4. The number of amides is 3. The lowest BCUT2D eigenvalue weighted by Crippen LogP contribution is -2.35. The molecule has 0 spiro atoms. The van der Waals surface area contributed by atoms with Crippen LogP contribution in [-0.4, -0.2) is 77.1 Å². The van der Waals surface area contributed by atoms with Crippen LogP contribution in [0.4, 0.5) is 4.79 Å². The number of aromatic nitrogens is 3. The van der Waals surface area contributed by atoms with Crippen LogP contribution in [0.3, 0.4) is 0 Å². The Bertz CT molecular complexity index is 2210. The van der Waals surface area contributed by atoms with Crippen molar-refractivity contribution in [2.75, 3.05) is 39.8 Å². The molecule has 3 amide bonds. The third kappa shape index (κ3) is 7.47. The molecule has 12 nitrogen and oxygen atoms in total. The Morgan fingerprint density at radius 2 is 1.67 bits per heavy atom. The summed E-state index contributed by atoms with van der Waals surface area (Å²) in [6.45, 7) is 4.01. The van der Waals surface area contributed by atoms with Gasteiger partial charge in [-0.1, -0.05) is 65.7 Å². The summed E-state index contributed by atoms with van der Waals surface area (Å²) in [5.74, 6) is 0.580. The van der Waals surface area contributed by atoms with Gasteiger partial charge in [0.25, 0.3) is 5.56 Å². The minimum Gasteiger partial charge on any atom is -0.481 e. The molecule has 2 aromatic carbocycles. The summed E-state index contributed by atoms with van der Waals surface area (Å²) >= 11 is 14.2. The summed E-state index contributed by atoms with van der Waals surface area (Å²) in [6, 6.07) is 19.1. The van der Waals surface area contributed by atoms with E-state index in [1.165, 1.54) is 4.40 Å². The van der Waals surface area contributed by atoms with Gasteiger partial charge < -0.3 is 30.9 Å². The number of carbonyl (C=O) groups excluding carboxylic acids is 2. The van der Waals surface area contributed by atoms with E-state index in [1.54, 1.807) is 24.4 Å². The molecule has 2 fully saturated rings. The molecule has 268 valence electrons. The van der Waals surface area contributed by atoms with E-state index in [9.17, 15) is 14.4 Å². The maximum atomic E-state index is 13.3. The summed E-state index contributed by atoms with van der Waals surface area (Å²) in [5.41, 5.74) is 6.18. The van der Waals surface area contributed by atoms with Gasteiger partial charge in [-0.2, -0.15) is 0 Å². The fourth-order valence-corrected chi connectivity index (χ4v) is 7.27. The van der Waals surface area contributed by atoms with Gasteiger partial charge in [0.2, 0.25) is 11.8 Å². The number of pyridine rings is 2. The monoisotopic (exact) mass is 740 g/mol. The zero-order valence-corrected chi connectivity index (χ0v) is 30.1. The van der Waals surface area contributed by atoms with Crippen molar-refractivity contribution < 1.29 is 14.3 Å². The Balaban J connectivity index is 1.09. The predicted molar refractivity (Wildman–Crippen MR) is 202 cm³/mol. The van der Waals surface area contributed by atoms with Crippen molar-refractivity contribution in [1.82, 2.24) is 40.5 Å². The number of benzene rings is 2. The highest BCUT2D eigenvalue weighted by Gasteiger charge is 2.21. The second kappa shape index (κ2) is 15.7. The van der Waals surface area contributed by atoms with E-state index in [0.29, 0.717) is 85.1 Å². The lowest BCUT2D eigenvalue weighted by Gasteiger charge is -2.16. The Labute approximate surface area is 310 Å². The van der Waals surface area contributed by atoms with Gasteiger partial charge in [-0.25, -0.2) is 14.8 Å². The van der Waals surface area contributed by atoms with Gasteiger partial charge in [0, 0.05) is 104 Å². The van der Waals surface area contributed by atoms with Gasteiger partial charge in [0.1, 0.15) is 5.65 Å². The lowest BCUT2D eigenvalue weighted by atomic mass is 9.97. The first-order chi connectivity index (χ1) is 25.3. The molecule has 0 saturated carbocycles. The third-order valence-electron chi connectivity index (χ3n) is 9.40. The molecule has 0 unspecified atom stereocenters. The number of fused-ring (bicyclic) bond motifs is 1. The molecule has 0 bridgehead atoms. The molecule has 1 atom stereocenters. The predicted octanol–water partition coefficient (Wildman–Crippen LogP) is 4.89. The second-order valence-electron chi connectivity index (χ2n) is 12.8. The van der Waals surface area contributed by atoms with E-state index in [4.69, 9.17) is 32.9 Å². The average molecular weight is 742 g/mol. The van der Waals surface area contributed by atoms with Gasteiger partial charge in [0.15, 0.2) is 0 Å². The van der Waals surface area contributed by atoms with Crippen LogP contribution < -0.4 is 31.6 Å². The van der Waals surface area contributed by atoms with Crippen LogP contribution in [0.1, 0.15) is 24.0 Å². The molecule has 0 aliphatic carbocycles. The molecule has 2 aliphatic heterocycles. The molecule has 5 heterocycles. The zero-order valence-electron chi connectivity index (χ0n) is 28.5. The summed E-state index contributed by atoms with van der Waals surface area (Å²) in [5, 5.41) is 13.4. The highest BCUT2D eigenvalue weighted by molar-refractivity contribution is 6.39. The number of ether oxygens (including phenoxy) is 1. The van der Waals surface area contributed by atoms with Gasteiger partial charge in [-0.3, -0.25) is 14.0 Å². The van der Waals surface area contributed by atoms with Gasteiger partial charge in [0.05, 0.1) is 22.8 Å². The number of nitrogens with zero attached hydrogens (tertiary/aromatic N) is 4. The molecular weight excluding hydrogens is 703 g/mol. The van der Waals surface area contributed by atoms with Crippen LogP contribution in [0.15, 0.2) is 77.9 Å². The van der Waals surface area contributed by atoms with Crippen molar-refractivity contribution in [3.05, 3.63) is 105 Å². The number of urea groups is 1. The smallest absolute Gasteiger partial charge is 0.317 e. The van der Waals surface area contributed by atoms with Crippen LogP contribution in [0, 0.1) is 0 Å². The standard InChI is InChI=1S/C38H38Cl2N8O4/c1-52-36-24(19-42-22-26-9-11-33(49)45-26)8-10-31(46-36)30-7-3-6-29(35(30)40)28-5-2-4-27(34(28)39)23-12-15-48-32(18-23)44-21-25(37(48)50)20-41-13-16-47-17-14-43-38(47)51/h2-8,10,12,15,18,21,26,41-42H,9,11,13-14,16-17,19-20,22H2,1H3,(H,43,51)(H,45,49)/t26-/m1/s1. The van der Waals surface area contributed by atoms with Gasteiger partial charge in [-0.15, -0.1) is 0 Å². The zero-order chi connectivity index (χ0) is 36.2. The Morgan fingerprint density at radius 3 is 2.40 bits per heavy atom. The van der Waals surface area contributed by atoms with Crippen molar-refractivity contribution in [3.8, 4) is 39.4 Å². The molecule has 7 rings (SSSR count). The Hall–Kier alpha value is -5.01. The number of rotatable bonds is 13. The number of halogens is 2. The minimum atomic E-state index is -0.167. The van der Waals surface area contributed by atoms with E-state index in [0.717, 1.165) is 39.8 Å². The summed E-state index contributed by atoms with van der Waals surface area (Å²) in [7, 11) is 1.59. The Morgan fingerprint density at radius 1 is 0.923 bits per heavy atom. The average Bonchev–Trinajstić information content (AvgIpc) is 3.77. The molecule has 4 N–H and O–H groups in total. The van der Waals surface area contributed by atoms with Crippen LogP contribution in [0.5, 0.6) is 5.88 Å². The molecular formula is C38H38Cl2N8O4. The fourth-order valence-electron chi connectivity index (χ4n) is 6.61. The minimum absolute atomic E-state index is 0.0643. The van der Waals surface area contributed by atoms with Crippen molar-refractivity contribution >= 4 is 40.8 Å². The van der Waals surface area contributed by atoms with Crippen LogP contribution in [-0.2, 0) is 17.9 Å². The molecule has 2 saturated heterocycles. The highest BCUT2D eigenvalue weighted by Crippen LogP contribution is 2.42.